The fourth-order valence-corrected chi connectivity index (χ4v) is 3.75. The second-order valence-electron chi connectivity index (χ2n) is 8.36. The number of ether oxygens (including phenoxy) is 1. The molecule has 0 bridgehead atoms. The minimum Gasteiger partial charge on any atom is -0.481 e. The van der Waals surface area contributed by atoms with E-state index < -0.39 is 5.97 Å². The highest BCUT2D eigenvalue weighted by Gasteiger charge is 2.18. The van der Waals surface area contributed by atoms with Crippen LogP contribution in [0.2, 0.25) is 0 Å². The standard InChI is InChI=1S/C26H26N8O3/c27-13-17-3-1-4-18(11-17)22-12-23(33-26(32-22)31-21-9-10-37-16-21)24(34-28)15-29-14-20-6-2-5-19(30-20)7-8-25(35)36/h1-6,11-12,15,21H,7-10,14,16,28H2,(H,35,36)(H,31,32,33)/t21-/m1/s1. The van der Waals surface area contributed by atoms with E-state index in [0.717, 1.165) is 12.0 Å². The number of rotatable bonds is 10. The second kappa shape index (κ2) is 12.3. The highest BCUT2D eigenvalue weighted by molar-refractivity contribution is 6.37. The van der Waals surface area contributed by atoms with Gasteiger partial charge < -0.3 is 21.0 Å². The predicted molar refractivity (Wildman–Crippen MR) is 138 cm³/mol. The first-order chi connectivity index (χ1) is 18.0. The van der Waals surface area contributed by atoms with Gasteiger partial charge in [0.1, 0.15) is 5.71 Å². The number of carboxylic acids is 1. The van der Waals surface area contributed by atoms with E-state index in [0.29, 0.717) is 59.6 Å². The van der Waals surface area contributed by atoms with E-state index >= 15 is 0 Å². The van der Waals surface area contributed by atoms with Crippen LogP contribution in [-0.4, -0.2) is 57.2 Å². The van der Waals surface area contributed by atoms with Crippen LogP contribution in [0, 0.1) is 11.3 Å². The number of pyridine rings is 1. The molecule has 3 heterocycles. The lowest BCUT2D eigenvalue weighted by Gasteiger charge is -2.13. The van der Waals surface area contributed by atoms with Gasteiger partial charge >= 0.3 is 5.97 Å². The molecule has 11 heteroatoms. The summed E-state index contributed by atoms with van der Waals surface area (Å²) in [6, 6.07) is 16.5. The van der Waals surface area contributed by atoms with E-state index in [1.807, 2.05) is 18.2 Å². The van der Waals surface area contributed by atoms with E-state index in [-0.39, 0.29) is 19.0 Å². The number of hydrogen-bond acceptors (Lipinski definition) is 10. The average molecular weight is 499 g/mol. The maximum absolute atomic E-state index is 10.8. The summed E-state index contributed by atoms with van der Waals surface area (Å²) < 4.78 is 5.45. The zero-order valence-electron chi connectivity index (χ0n) is 20.0. The molecule has 2 aromatic heterocycles. The number of aliphatic imine (C=N–C) groups is 1. The molecule has 0 spiro atoms. The minimum atomic E-state index is -0.869. The van der Waals surface area contributed by atoms with Crippen LogP contribution in [-0.2, 0) is 22.5 Å². The Kier molecular flexibility index (Phi) is 8.46. The summed E-state index contributed by atoms with van der Waals surface area (Å²) in [5, 5.41) is 25.4. The molecule has 1 saturated heterocycles. The summed E-state index contributed by atoms with van der Waals surface area (Å²) in [4.78, 5) is 29.0. The van der Waals surface area contributed by atoms with Gasteiger partial charge in [0.2, 0.25) is 5.95 Å². The Morgan fingerprint density at radius 2 is 2.05 bits per heavy atom. The Hall–Kier alpha value is -4.69. The molecule has 3 aromatic rings. The van der Waals surface area contributed by atoms with Crippen LogP contribution >= 0.6 is 0 Å². The van der Waals surface area contributed by atoms with Gasteiger partial charge in [-0.3, -0.25) is 14.8 Å². The molecule has 37 heavy (non-hydrogen) atoms. The maximum Gasteiger partial charge on any atom is 0.303 e. The number of carboxylic acid groups (broad SMARTS) is 1. The molecule has 0 aliphatic carbocycles. The number of anilines is 1. The zero-order valence-corrected chi connectivity index (χ0v) is 20.0. The van der Waals surface area contributed by atoms with Gasteiger partial charge in [-0.05, 0) is 36.8 Å². The predicted octanol–water partition coefficient (Wildman–Crippen LogP) is 2.56. The number of nitrogens with zero attached hydrogens (tertiary/aromatic N) is 6. The van der Waals surface area contributed by atoms with Crippen LogP contribution < -0.4 is 11.2 Å². The highest BCUT2D eigenvalue weighted by atomic mass is 16.5. The first-order valence-corrected chi connectivity index (χ1v) is 11.7. The normalized spacial score (nSPS) is 15.5. The van der Waals surface area contributed by atoms with Gasteiger partial charge in [-0.2, -0.15) is 10.4 Å². The van der Waals surface area contributed by atoms with Gasteiger partial charge in [0, 0.05) is 24.3 Å². The van der Waals surface area contributed by atoms with Crippen LogP contribution in [0.3, 0.4) is 0 Å². The van der Waals surface area contributed by atoms with Crippen molar-refractivity contribution in [1.82, 2.24) is 15.0 Å². The molecule has 0 unspecified atom stereocenters. The van der Waals surface area contributed by atoms with Crippen molar-refractivity contribution in [2.24, 2.45) is 15.9 Å². The number of hydrogen-bond donors (Lipinski definition) is 3. The van der Waals surface area contributed by atoms with Crippen LogP contribution in [0.5, 0.6) is 0 Å². The average Bonchev–Trinajstić information content (AvgIpc) is 3.43. The van der Waals surface area contributed by atoms with Crippen molar-refractivity contribution in [3.63, 3.8) is 0 Å². The Morgan fingerprint density at radius 3 is 2.81 bits per heavy atom. The van der Waals surface area contributed by atoms with E-state index in [4.69, 9.17) is 15.7 Å². The fraction of sp³-hybridized carbons (Fsp3) is 0.269. The smallest absolute Gasteiger partial charge is 0.303 e. The largest absolute Gasteiger partial charge is 0.481 e. The minimum absolute atomic E-state index is 0.0143. The molecule has 0 saturated carbocycles. The molecular formula is C26H26N8O3. The quantitative estimate of drug-likeness (QED) is 0.216. The summed E-state index contributed by atoms with van der Waals surface area (Å²) in [5.74, 6) is 5.23. The molecule has 188 valence electrons. The number of aliphatic carboxylic acids is 1. The van der Waals surface area contributed by atoms with E-state index in [2.05, 4.69) is 36.4 Å². The van der Waals surface area contributed by atoms with Crippen molar-refractivity contribution in [3.05, 3.63) is 71.2 Å². The number of nitriles is 1. The third-order valence-corrected chi connectivity index (χ3v) is 5.60. The van der Waals surface area contributed by atoms with E-state index in [1.54, 1.807) is 30.3 Å². The second-order valence-corrected chi connectivity index (χ2v) is 8.36. The summed E-state index contributed by atoms with van der Waals surface area (Å²) in [6.45, 7) is 1.49. The van der Waals surface area contributed by atoms with Gasteiger partial charge in [0.05, 0.1) is 60.5 Å². The summed E-state index contributed by atoms with van der Waals surface area (Å²) >= 11 is 0. The molecule has 1 aliphatic heterocycles. The lowest BCUT2D eigenvalue weighted by atomic mass is 10.1. The van der Waals surface area contributed by atoms with Crippen molar-refractivity contribution in [2.75, 3.05) is 18.5 Å². The summed E-state index contributed by atoms with van der Waals surface area (Å²) in [6.07, 6.45) is 2.72. The summed E-state index contributed by atoms with van der Waals surface area (Å²) in [7, 11) is 0. The molecule has 1 aliphatic rings. The lowest BCUT2D eigenvalue weighted by molar-refractivity contribution is -0.136. The summed E-state index contributed by atoms with van der Waals surface area (Å²) in [5.41, 5.74) is 4.06. The maximum atomic E-state index is 10.8. The SMILES string of the molecule is N#Cc1cccc(-c2cc(C(C=NCc3cccc(CCC(=O)O)n3)=NN)nc(N[C@@H]3CCOC3)n2)c1. The third-order valence-electron chi connectivity index (χ3n) is 5.60. The first kappa shape index (κ1) is 25.4. The Balaban J connectivity index is 1.58. The van der Waals surface area contributed by atoms with Crippen molar-refractivity contribution < 1.29 is 14.6 Å². The number of hydrazone groups is 1. The fourth-order valence-electron chi connectivity index (χ4n) is 3.75. The molecular weight excluding hydrogens is 472 g/mol. The van der Waals surface area contributed by atoms with Crippen LogP contribution in [0.15, 0.2) is 58.6 Å². The first-order valence-electron chi connectivity index (χ1n) is 11.7. The van der Waals surface area contributed by atoms with Gasteiger partial charge in [-0.25, -0.2) is 9.97 Å². The van der Waals surface area contributed by atoms with Crippen LogP contribution in [0.1, 0.15) is 35.5 Å². The monoisotopic (exact) mass is 498 g/mol. The zero-order chi connectivity index (χ0) is 26.0. The Bertz CT molecular complexity index is 1360. The van der Waals surface area contributed by atoms with E-state index in [9.17, 15) is 10.1 Å². The number of nitrogens with two attached hydrogens (primary N) is 1. The molecule has 0 amide bonds. The molecule has 1 aromatic carbocycles. The number of aromatic nitrogens is 3. The molecule has 11 nitrogen and oxygen atoms in total. The van der Waals surface area contributed by atoms with Gasteiger partial charge in [-0.1, -0.05) is 18.2 Å². The van der Waals surface area contributed by atoms with Crippen molar-refractivity contribution in [1.29, 1.82) is 5.26 Å². The molecule has 4 N–H and O–H groups in total. The van der Waals surface area contributed by atoms with E-state index in [1.165, 1.54) is 6.21 Å². The number of aryl methyl sites for hydroxylation is 1. The van der Waals surface area contributed by atoms with Crippen molar-refractivity contribution in [3.8, 4) is 17.3 Å². The molecule has 0 radical (unpaired) electrons. The van der Waals surface area contributed by atoms with Gasteiger partial charge in [0.25, 0.3) is 0 Å². The molecule has 1 atom stereocenters. The van der Waals surface area contributed by atoms with Gasteiger partial charge in [0.15, 0.2) is 0 Å². The van der Waals surface area contributed by atoms with Crippen LogP contribution in [0.25, 0.3) is 11.3 Å². The van der Waals surface area contributed by atoms with Gasteiger partial charge in [-0.15, -0.1) is 0 Å². The molecule has 1 fully saturated rings. The Labute approximate surface area is 213 Å². The number of carbonyl (C=O) groups is 1. The number of nitrogens with one attached hydrogen (secondary N) is 1. The number of benzene rings is 1. The van der Waals surface area contributed by atoms with Crippen molar-refractivity contribution in [2.45, 2.75) is 31.8 Å². The van der Waals surface area contributed by atoms with Crippen molar-refractivity contribution >= 4 is 23.8 Å². The third kappa shape index (κ3) is 7.16. The topological polar surface area (TPSA) is 172 Å². The Morgan fingerprint density at radius 1 is 1.22 bits per heavy atom. The van der Waals surface area contributed by atoms with Crippen LogP contribution in [0.4, 0.5) is 5.95 Å². The lowest BCUT2D eigenvalue weighted by Crippen LogP contribution is -2.22. The molecule has 4 rings (SSSR count). The highest BCUT2D eigenvalue weighted by Crippen LogP contribution is 2.22.